The molecule has 1 N–H and O–H groups in total. The molecular weight excluding hydrogens is 292 g/mol. The van der Waals surface area contributed by atoms with Gasteiger partial charge in [-0.2, -0.15) is 0 Å². The molecule has 1 aromatic rings. The highest BCUT2D eigenvalue weighted by Crippen LogP contribution is 2.36. The number of nitrogens with one attached hydrogen (secondary N) is 1. The zero-order chi connectivity index (χ0) is 16.4. The van der Waals surface area contributed by atoms with E-state index in [1.807, 2.05) is 6.92 Å². The molecule has 0 radical (unpaired) electrons. The summed E-state index contributed by atoms with van der Waals surface area (Å²) in [6.07, 6.45) is 2.27. The Bertz CT molecular complexity index is 591. The van der Waals surface area contributed by atoms with Gasteiger partial charge in [0.25, 0.3) is 5.91 Å². The number of amides is 3. The first-order chi connectivity index (χ1) is 11.1. The van der Waals surface area contributed by atoms with Crippen LogP contribution >= 0.6 is 0 Å². The third-order valence-corrected chi connectivity index (χ3v) is 5.09. The summed E-state index contributed by atoms with van der Waals surface area (Å²) in [4.78, 5) is 26.1. The van der Waals surface area contributed by atoms with Gasteiger partial charge in [-0.1, -0.05) is 36.8 Å². The number of imide groups is 1. The number of nitrogens with zero attached hydrogens (tertiary/aromatic N) is 1. The Hall–Kier alpha value is -1.88. The Morgan fingerprint density at radius 3 is 2.43 bits per heavy atom. The van der Waals surface area contributed by atoms with Crippen LogP contribution in [0.5, 0.6) is 0 Å². The Balaban J connectivity index is 1.89. The second-order valence-corrected chi connectivity index (χ2v) is 6.59. The van der Waals surface area contributed by atoms with Crippen LogP contribution in [0.25, 0.3) is 0 Å². The zero-order valence-corrected chi connectivity index (χ0v) is 13.8. The number of hydrogen-bond acceptors (Lipinski definition) is 3. The smallest absolute Gasteiger partial charge is 0.324 e. The molecule has 0 aliphatic carbocycles. The summed E-state index contributed by atoms with van der Waals surface area (Å²) in [5.41, 5.74) is 2.19. The zero-order valence-electron chi connectivity index (χ0n) is 13.8. The number of carbonyl (C=O) groups excluding carboxylic acids is 2. The summed E-state index contributed by atoms with van der Waals surface area (Å²) in [5.74, 6) is -0.101. The van der Waals surface area contributed by atoms with E-state index in [0.717, 1.165) is 12.8 Å². The molecule has 2 aliphatic rings. The first-order valence-corrected chi connectivity index (χ1v) is 8.32. The monoisotopic (exact) mass is 316 g/mol. The van der Waals surface area contributed by atoms with Gasteiger partial charge in [0, 0.05) is 25.2 Å². The summed E-state index contributed by atoms with van der Waals surface area (Å²) in [7, 11) is 0. The maximum absolute atomic E-state index is 12.5. The summed E-state index contributed by atoms with van der Waals surface area (Å²) >= 11 is 0. The molecular formula is C18H24N2O3. The molecule has 0 spiro atoms. The van der Waals surface area contributed by atoms with Crippen LogP contribution in [0.1, 0.15) is 37.3 Å². The van der Waals surface area contributed by atoms with Gasteiger partial charge < -0.3 is 10.1 Å². The standard InChI is InChI=1S/C18H24N2O3/c1-3-15-16(21)20(17(22)19-15)12-18(8-10-23-11-9-18)14-6-4-13(2)5-7-14/h4-7,15H,3,8-12H2,1-2H3,(H,19,22). The molecule has 3 rings (SSSR count). The topological polar surface area (TPSA) is 58.6 Å². The van der Waals surface area contributed by atoms with E-state index in [1.165, 1.54) is 16.0 Å². The first-order valence-electron chi connectivity index (χ1n) is 8.32. The fourth-order valence-corrected chi connectivity index (χ4v) is 3.51. The predicted molar refractivity (Wildman–Crippen MR) is 87.2 cm³/mol. The van der Waals surface area contributed by atoms with Crippen LogP contribution < -0.4 is 5.32 Å². The molecule has 23 heavy (non-hydrogen) atoms. The lowest BCUT2D eigenvalue weighted by Gasteiger charge is -2.39. The van der Waals surface area contributed by atoms with Crippen molar-refractivity contribution in [1.29, 1.82) is 0 Å². The Labute approximate surface area is 137 Å². The highest BCUT2D eigenvalue weighted by atomic mass is 16.5. The third-order valence-electron chi connectivity index (χ3n) is 5.09. The second kappa shape index (κ2) is 6.32. The summed E-state index contributed by atoms with van der Waals surface area (Å²) in [5, 5.41) is 2.78. The molecule has 2 aliphatic heterocycles. The Kier molecular flexibility index (Phi) is 4.39. The van der Waals surface area contributed by atoms with Gasteiger partial charge in [0.2, 0.25) is 0 Å². The van der Waals surface area contributed by atoms with E-state index in [-0.39, 0.29) is 23.4 Å². The van der Waals surface area contributed by atoms with Gasteiger partial charge in [-0.25, -0.2) is 4.79 Å². The van der Waals surface area contributed by atoms with Crippen LogP contribution in [0.2, 0.25) is 0 Å². The van der Waals surface area contributed by atoms with Gasteiger partial charge in [0.1, 0.15) is 6.04 Å². The number of aryl methyl sites for hydroxylation is 1. The average molecular weight is 316 g/mol. The highest BCUT2D eigenvalue weighted by Gasteiger charge is 2.44. The molecule has 1 unspecified atom stereocenters. The van der Waals surface area contributed by atoms with Crippen LogP contribution in [0.15, 0.2) is 24.3 Å². The lowest BCUT2D eigenvalue weighted by Crippen LogP contribution is -2.47. The normalized spacial score (nSPS) is 23.9. The second-order valence-electron chi connectivity index (χ2n) is 6.59. The first kappa shape index (κ1) is 16.0. The largest absolute Gasteiger partial charge is 0.381 e. The summed E-state index contributed by atoms with van der Waals surface area (Å²) in [6.45, 7) is 5.73. The van der Waals surface area contributed by atoms with Crippen molar-refractivity contribution in [1.82, 2.24) is 10.2 Å². The van der Waals surface area contributed by atoms with Crippen LogP contribution in [0.4, 0.5) is 4.79 Å². The van der Waals surface area contributed by atoms with E-state index in [1.54, 1.807) is 0 Å². The van der Waals surface area contributed by atoms with E-state index in [4.69, 9.17) is 4.74 Å². The van der Waals surface area contributed by atoms with E-state index in [2.05, 4.69) is 36.5 Å². The van der Waals surface area contributed by atoms with Crippen molar-refractivity contribution in [2.45, 2.75) is 44.6 Å². The number of ether oxygens (including phenoxy) is 1. The average Bonchev–Trinajstić information content (AvgIpc) is 2.84. The Morgan fingerprint density at radius 2 is 1.87 bits per heavy atom. The third kappa shape index (κ3) is 2.98. The van der Waals surface area contributed by atoms with Crippen molar-refractivity contribution in [3.05, 3.63) is 35.4 Å². The molecule has 3 amide bonds. The van der Waals surface area contributed by atoms with Crippen molar-refractivity contribution in [3.63, 3.8) is 0 Å². The lowest BCUT2D eigenvalue weighted by atomic mass is 9.73. The van der Waals surface area contributed by atoms with Crippen molar-refractivity contribution >= 4 is 11.9 Å². The molecule has 5 nitrogen and oxygen atoms in total. The van der Waals surface area contributed by atoms with Gasteiger partial charge in [-0.3, -0.25) is 9.69 Å². The molecule has 2 saturated heterocycles. The fraction of sp³-hybridized carbons (Fsp3) is 0.556. The van der Waals surface area contributed by atoms with E-state index in [0.29, 0.717) is 26.2 Å². The van der Waals surface area contributed by atoms with Gasteiger partial charge in [0.05, 0.1) is 0 Å². The summed E-state index contributed by atoms with van der Waals surface area (Å²) in [6, 6.07) is 7.78. The molecule has 2 heterocycles. The van der Waals surface area contributed by atoms with E-state index in [9.17, 15) is 9.59 Å². The van der Waals surface area contributed by atoms with E-state index < -0.39 is 0 Å². The van der Waals surface area contributed by atoms with Crippen molar-refractivity contribution in [3.8, 4) is 0 Å². The van der Waals surface area contributed by atoms with Gasteiger partial charge >= 0.3 is 6.03 Å². The van der Waals surface area contributed by atoms with Crippen LogP contribution in [0.3, 0.4) is 0 Å². The Morgan fingerprint density at radius 1 is 1.22 bits per heavy atom. The number of hydrogen-bond donors (Lipinski definition) is 1. The van der Waals surface area contributed by atoms with Crippen LogP contribution in [-0.4, -0.2) is 42.6 Å². The molecule has 0 saturated carbocycles. The molecule has 5 heteroatoms. The SMILES string of the molecule is CCC1NC(=O)N(CC2(c3ccc(C)cc3)CCOCC2)C1=O. The van der Waals surface area contributed by atoms with Crippen LogP contribution in [-0.2, 0) is 14.9 Å². The van der Waals surface area contributed by atoms with Gasteiger partial charge in [-0.05, 0) is 31.7 Å². The van der Waals surface area contributed by atoms with Crippen molar-refractivity contribution in [2.24, 2.45) is 0 Å². The predicted octanol–water partition coefficient (Wildman–Crippen LogP) is 2.37. The van der Waals surface area contributed by atoms with Crippen molar-refractivity contribution in [2.75, 3.05) is 19.8 Å². The quantitative estimate of drug-likeness (QED) is 0.868. The van der Waals surface area contributed by atoms with Crippen LogP contribution in [0, 0.1) is 6.92 Å². The number of carbonyl (C=O) groups is 2. The van der Waals surface area contributed by atoms with E-state index >= 15 is 0 Å². The number of benzene rings is 1. The molecule has 1 atom stereocenters. The number of urea groups is 1. The van der Waals surface area contributed by atoms with Crippen molar-refractivity contribution < 1.29 is 14.3 Å². The molecule has 0 aromatic heterocycles. The fourth-order valence-electron chi connectivity index (χ4n) is 3.51. The molecule has 0 bridgehead atoms. The maximum Gasteiger partial charge on any atom is 0.324 e. The lowest BCUT2D eigenvalue weighted by molar-refractivity contribution is -0.128. The summed E-state index contributed by atoms with van der Waals surface area (Å²) < 4.78 is 5.53. The minimum absolute atomic E-state index is 0.101. The van der Waals surface area contributed by atoms with Gasteiger partial charge in [0.15, 0.2) is 0 Å². The minimum atomic E-state index is -0.377. The minimum Gasteiger partial charge on any atom is -0.381 e. The number of rotatable bonds is 4. The molecule has 1 aromatic carbocycles. The highest BCUT2D eigenvalue weighted by molar-refractivity contribution is 6.04. The molecule has 124 valence electrons. The molecule has 2 fully saturated rings. The maximum atomic E-state index is 12.5. The van der Waals surface area contributed by atoms with Gasteiger partial charge in [-0.15, -0.1) is 0 Å².